The standard InChI is InChI=1S/C12H22N4O4/c13-11(19)15-9(17)7-5-3-1-2-4-6-8-10(18)16-12(14)20/h1-8H2,(H3,13,15,17,19)(H3,14,16,18,20). The lowest BCUT2D eigenvalue weighted by Crippen LogP contribution is -2.34. The third-order valence-corrected chi connectivity index (χ3v) is 2.58. The maximum Gasteiger partial charge on any atom is 0.318 e. The first kappa shape index (κ1) is 17.9. The molecule has 0 saturated heterocycles. The lowest BCUT2D eigenvalue weighted by molar-refractivity contribution is -0.121. The van der Waals surface area contributed by atoms with Gasteiger partial charge in [-0.05, 0) is 12.8 Å². The van der Waals surface area contributed by atoms with Crippen LogP contribution in [0.3, 0.4) is 0 Å². The Morgan fingerprint density at radius 2 is 0.900 bits per heavy atom. The first-order chi connectivity index (χ1) is 9.41. The van der Waals surface area contributed by atoms with Crippen molar-refractivity contribution in [3.05, 3.63) is 0 Å². The number of hydrogen-bond donors (Lipinski definition) is 4. The van der Waals surface area contributed by atoms with Gasteiger partial charge in [0.25, 0.3) is 0 Å². The first-order valence-electron chi connectivity index (χ1n) is 6.60. The summed E-state index contributed by atoms with van der Waals surface area (Å²) in [5, 5.41) is 4.00. The Balaban J connectivity index is 3.33. The van der Waals surface area contributed by atoms with Gasteiger partial charge in [-0.25, -0.2) is 9.59 Å². The van der Waals surface area contributed by atoms with Crippen LogP contribution in [-0.4, -0.2) is 23.9 Å². The van der Waals surface area contributed by atoms with Crippen LogP contribution >= 0.6 is 0 Å². The van der Waals surface area contributed by atoms with Gasteiger partial charge in [0.1, 0.15) is 0 Å². The second-order valence-electron chi connectivity index (χ2n) is 4.45. The molecule has 0 fully saturated rings. The fraction of sp³-hybridized carbons (Fsp3) is 0.667. The van der Waals surface area contributed by atoms with Crippen LogP contribution in [0.5, 0.6) is 0 Å². The number of rotatable bonds is 9. The smallest absolute Gasteiger partial charge is 0.318 e. The molecule has 0 aromatic rings. The molecule has 0 radical (unpaired) electrons. The van der Waals surface area contributed by atoms with E-state index < -0.39 is 12.1 Å². The lowest BCUT2D eigenvalue weighted by atomic mass is 10.1. The third-order valence-electron chi connectivity index (χ3n) is 2.58. The zero-order valence-corrected chi connectivity index (χ0v) is 11.4. The number of nitrogens with one attached hydrogen (secondary N) is 2. The molecule has 20 heavy (non-hydrogen) atoms. The minimum Gasteiger partial charge on any atom is -0.351 e. The van der Waals surface area contributed by atoms with Crippen LogP contribution in [0.1, 0.15) is 51.4 Å². The van der Waals surface area contributed by atoms with Crippen molar-refractivity contribution in [3.63, 3.8) is 0 Å². The van der Waals surface area contributed by atoms with E-state index in [-0.39, 0.29) is 24.7 Å². The van der Waals surface area contributed by atoms with Gasteiger partial charge in [0.2, 0.25) is 11.8 Å². The van der Waals surface area contributed by atoms with Crippen molar-refractivity contribution in [1.29, 1.82) is 0 Å². The fourth-order valence-electron chi connectivity index (χ4n) is 1.68. The Morgan fingerprint density at radius 3 is 1.20 bits per heavy atom. The van der Waals surface area contributed by atoms with Gasteiger partial charge in [0, 0.05) is 12.8 Å². The van der Waals surface area contributed by atoms with Crippen molar-refractivity contribution in [2.75, 3.05) is 0 Å². The zero-order chi connectivity index (χ0) is 15.4. The topological polar surface area (TPSA) is 144 Å². The molecule has 0 heterocycles. The zero-order valence-electron chi connectivity index (χ0n) is 11.4. The summed E-state index contributed by atoms with van der Waals surface area (Å²) in [5.74, 6) is -0.721. The Morgan fingerprint density at radius 1 is 0.600 bits per heavy atom. The maximum atomic E-state index is 11.1. The number of carbonyl (C=O) groups excluding carboxylic acids is 4. The van der Waals surface area contributed by atoms with Gasteiger partial charge in [-0.3, -0.25) is 20.2 Å². The molecular weight excluding hydrogens is 264 g/mol. The average Bonchev–Trinajstić information content (AvgIpc) is 2.30. The summed E-state index contributed by atoms with van der Waals surface area (Å²) in [7, 11) is 0. The third kappa shape index (κ3) is 12.3. The van der Waals surface area contributed by atoms with Gasteiger partial charge in [-0.2, -0.15) is 0 Å². The lowest BCUT2D eigenvalue weighted by Gasteiger charge is -2.03. The average molecular weight is 286 g/mol. The molecule has 0 aliphatic heterocycles. The van der Waals surface area contributed by atoms with Gasteiger partial charge >= 0.3 is 12.1 Å². The number of urea groups is 2. The van der Waals surface area contributed by atoms with E-state index in [0.29, 0.717) is 12.8 Å². The van der Waals surface area contributed by atoms with Crippen LogP contribution in [0.25, 0.3) is 0 Å². The van der Waals surface area contributed by atoms with Crippen molar-refractivity contribution in [1.82, 2.24) is 10.6 Å². The summed E-state index contributed by atoms with van der Waals surface area (Å²) in [6.07, 6.45) is 5.60. The molecule has 0 aromatic heterocycles. The highest BCUT2D eigenvalue weighted by molar-refractivity contribution is 5.93. The summed E-state index contributed by atoms with van der Waals surface area (Å²) in [6.45, 7) is 0. The molecule has 6 N–H and O–H groups in total. The molecule has 0 aliphatic rings. The van der Waals surface area contributed by atoms with Crippen LogP contribution in [0.2, 0.25) is 0 Å². The molecule has 8 heteroatoms. The van der Waals surface area contributed by atoms with Crippen LogP contribution < -0.4 is 22.1 Å². The molecule has 0 aromatic carbocycles. The second kappa shape index (κ2) is 10.8. The van der Waals surface area contributed by atoms with Gasteiger partial charge in [-0.1, -0.05) is 25.7 Å². The van der Waals surface area contributed by atoms with Crippen LogP contribution in [0.4, 0.5) is 9.59 Å². The van der Waals surface area contributed by atoms with E-state index in [1.807, 2.05) is 10.6 Å². The van der Waals surface area contributed by atoms with Crippen molar-refractivity contribution in [3.8, 4) is 0 Å². The van der Waals surface area contributed by atoms with Crippen LogP contribution in [-0.2, 0) is 9.59 Å². The van der Waals surface area contributed by atoms with E-state index in [4.69, 9.17) is 11.5 Å². The highest BCUT2D eigenvalue weighted by atomic mass is 16.2. The van der Waals surface area contributed by atoms with E-state index in [1.165, 1.54) is 0 Å². The number of hydrogen-bond acceptors (Lipinski definition) is 4. The number of carbonyl (C=O) groups is 4. The molecule has 0 bridgehead atoms. The predicted octanol–water partition coefficient (Wildman–Crippen LogP) is 0.497. The quantitative estimate of drug-likeness (QED) is 0.457. The SMILES string of the molecule is NC(=O)NC(=O)CCCCCCCCC(=O)NC(N)=O. The maximum absolute atomic E-state index is 11.1. The van der Waals surface area contributed by atoms with Gasteiger partial charge in [-0.15, -0.1) is 0 Å². The molecule has 0 saturated carbocycles. The summed E-state index contributed by atoms with van der Waals surface area (Å²) >= 11 is 0. The minimum absolute atomic E-state index is 0.282. The highest BCUT2D eigenvalue weighted by Crippen LogP contribution is 2.08. The highest BCUT2D eigenvalue weighted by Gasteiger charge is 2.04. The number of amides is 6. The predicted molar refractivity (Wildman–Crippen MR) is 72.4 cm³/mol. The summed E-state index contributed by atoms with van der Waals surface area (Å²) in [6, 6.07) is -1.66. The molecule has 114 valence electrons. The van der Waals surface area contributed by atoms with Gasteiger partial charge in [0.05, 0.1) is 0 Å². The summed E-state index contributed by atoms with van der Waals surface area (Å²) in [5.41, 5.74) is 9.60. The van der Waals surface area contributed by atoms with Crippen LogP contribution in [0, 0.1) is 0 Å². The van der Waals surface area contributed by atoms with Crippen molar-refractivity contribution >= 4 is 23.9 Å². The largest absolute Gasteiger partial charge is 0.351 e. The van der Waals surface area contributed by atoms with E-state index in [0.717, 1.165) is 25.7 Å². The Hall–Kier alpha value is -2.12. The summed E-state index contributed by atoms with van der Waals surface area (Å²) in [4.78, 5) is 42.9. The number of nitrogens with two attached hydrogens (primary N) is 2. The monoisotopic (exact) mass is 286 g/mol. The Kier molecular flexibility index (Phi) is 9.63. The molecule has 0 unspecified atom stereocenters. The van der Waals surface area contributed by atoms with Crippen LogP contribution in [0.15, 0.2) is 0 Å². The van der Waals surface area contributed by atoms with E-state index >= 15 is 0 Å². The van der Waals surface area contributed by atoms with Crippen molar-refractivity contribution in [2.45, 2.75) is 51.4 Å². The van der Waals surface area contributed by atoms with Crippen molar-refractivity contribution in [2.24, 2.45) is 11.5 Å². The minimum atomic E-state index is -0.829. The van der Waals surface area contributed by atoms with Crippen molar-refractivity contribution < 1.29 is 19.2 Å². The Labute approximate surface area is 117 Å². The molecule has 8 nitrogen and oxygen atoms in total. The van der Waals surface area contributed by atoms with E-state index in [1.54, 1.807) is 0 Å². The fourth-order valence-corrected chi connectivity index (χ4v) is 1.68. The second-order valence-corrected chi connectivity index (χ2v) is 4.45. The summed E-state index contributed by atoms with van der Waals surface area (Å²) < 4.78 is 0. The molecule has 0 rings (SSSR count). The number of imide groups is 2. The molecule has 6 amide bonds. The Bertz CT molecular complexity index is 323. The van der Waals surface area contributed by atoms with E-state index in [9.17, 15) is 19.2 Å². The number of primary amides is 2. The number of unbranched alkanes of at least 4 members (excludes halogenated alkanes) is 5. The molecule has 0 aliphatic carbocycles. The normalized spacial score (nSPS) is 9.80. The van der Waals surface area contributed by atoms with Gasteiger partial charge in [0.15, 0.2) is 0 Å². The molecule has 0 spiro atoms. The van der Waals surface area contributed by atoms with Gasteiger partial charge < -0.3 is 11.5 Å². The first-order valence-corrected chi connectivity index (χ1v) is 6.60. The molecular formula is C12H22N4O4. The van der Waals surface area contributed by atoms with E-state index in [2.05, 4.69) is 0 Å². The molecule has 0 atom stereocenters.